The second-order valence-electron chi connectivity index (χ2n) is 7.63. The Bertz CT molecular complexity index is 1400. The van der Waals surface area contributed by atoms with Gasteiger partial charge < -0.3 is 10.1 Å². The van der Waals surface area contributed by atoms with Crippen molar-refractivity contribution >= 4 is 43.2 Å². The van der Waals surface area contributed by atoms with Gasteiger partial charge in [0, 0.05) is 17.2 Å². The Kier molecular flexibility index (Phi) is 6.46. The van der Waals surface area contributed by atoms with E-state index in [1.165, 1.54) is 36.6 Å². The van der Waals surface area contributed by atoms with E-state index in [-0.39, 0.29) is 22.3 Å². The molecule has 0 spiro atoms. The quantitative estimate of drug-likeness (QED) is 0.391. The predicted octanol–water partition coefficient (Wildman–Crippen LogP) is 4.91. The third kappa shape index (κ3) is 4.90. The third-order valence-electron chi connectivity index (χ3n) is 4.81. The molecular formula is C24H23N3O4S2. The number of fused-ring (bicyclic) bond motifs is 1. The number of hydrogen-bond donors (Lipinski definition) is 2. The molecule has 0 aliphatic rings. The number of rotatable bonds is 7. The maximum Gasteiger partial charge on any atom is 0.255 e. The zero-order chi connectivity index (χ0) is 23.6. The van der Waals surface area contributed by atoms with Gasteiger partial charge in [-0.2, -0.15) is 0 Å². The second kappa shape index (κ2) is 9.30. The Balaban J connectivity index is 1.68. The van der Waals surface area contributed by atoms with Crippen molar-refractivity contribution in [2.24, 2.45) is 0 Å². The molecule has 0 saturated carbocycles. The molecule has 0 atom stereocenters. The number of methoxy groups -OCH3 is 1. The number of benzene rings is 3. The van der Waals surface area contributed by atoms with Crippen LogP contribution in [0.3, 0.4) is 0 Å². The standard InChI is InChI=1S/C24H23N3O4S2/c1-15(2)27-33(29,30)22-14-16(12-13-20(22)31-3)23(28)25-18-9-5-4-8-17(18)24-26-19-10-6-7-11-21(19)32-24/h4-15,27H,1-3H3,(H,25,28). The minimum absolute atomic E-state index is 0.0918. The fourth-order valence-electron chi connectivity index (χ4n) is 3.36. The zero-order valence-electron chi connectivity index (χ0n) is 18.3. The molecule has 0 fully saturated rings. The van der Waals surface area contributed by atoms with E-state index in [9.17, 15) is 13.2 Å². The molecule has 1 amide bonds. The van der Waals surface area contributed by atoms with Gasteiger partial charge >= 0.3 is 0 Å². The van der Waals surface area contributed by atoms with Crippen molar-refractivity contribution in [2.45, 2.75) is 24.8 Å². The molecule has 4 aromatic rings. The normalized spacial score (nSPS) is 11.6. The fourth-order valence-corrected chi connectivity index (χ4v) is 5.81. The topological polar surface area (TPSA) is 97.4 Å². The largest absolute Gasteiger partial charge is 0.495 e. The molecule has 2 N–H and O–H groups in total. The van der Waals surface area contributed by atoms with Gasteiger partial charge in [0.2, 0.25) is 10.0 Å². The van der Waals surface area contributed by atoms with E-state index in [0.29, 0.717) is 5.69 Å². The maximum absolute atomic E-state index is 13.1. The molecule has 7 nitrogen and oxygen atoms in total. The lowest BCUT2D eigenvalue weighted by Crippen LogP contribution is -2.30. The van der Waals surface area contributed by atoms with E-state index in [0.717, 1.165) is 20.8 Å². The highest BCUT2D eigenvalue weighted by molar-refractivity contribution is 7.89. The summed E-state index contributed by atoms with van der Waals surface area (Å²) >= 11 is 1.54. The van der Waals surface area contributed by atoms with E-state index in [1.807, 2.05) is 42.5 Å². The summed E-state index contributed by atoms with van der Waals surface area (Å²) in [5.74, 6) is -0.276. The smallest absolute Gasteiger partial charge is 0.255 e. The summed E-state index contributed by atoms with van der Waals surface area (Å²) in [7, 11) is -2.47. The van der Waals surface area contributed by atoms with Crippen LogP contribution >= 0.6 is 11.3 Å². The number of ether oxygens (including phenoxy) is 1. The second-order valence-corrected chi connectivity index (χ2v) is 10.3. The van der Waals surface area contributed by atoms with Crippen molar-refractivity contribution < 1.29 is 17.9 Å². The highest BCUT2D eigenvalue weighted by atomic mass is 32.2. The van der Waals surface area contributed by atoms with E-state index >= 15 is 0 Å². The first-order valence-corrected chi connectivity index (χ1v) is 12.5. The van der Waals surface area contributed by atoms with Crippen LogP contribution in [0.5, 0.6) is 5.75 Å². The number of anilines is 1. The molecule has 0 saturated heterocycles. The van der Waals surface area contributed by atoms with Crippen LogP contribution in [0.4, 0.5) is 5.69 Å². The average Bonchev–Trinajstić information content (AvgIpc) is 3.22. The van der Waals surface area contributed by atoms with Gasteiger partial charge in [0.1, 0.15) is 15.7 Å². The molecule has 4 rings (SSSR count). The summed E-state index contributed by atoms with van der Waals surface area (Å²) in [5.41, 5.74) is 2.46. The number of nitrogens with one attached hydrogen (secondary N) is 2. The van der Waals surface area contributed by atoms with Gasteiger partial charge in [-0.1, -0.05) is 24.3 Å². The molecule has 1 aromatic heterocycles. The number of aromatic nitrogens is 1. The van der Waals surface area contributed by atoms with E-state index in [2.05, 4.69) is 15.0 Å². The number of nitrogens with zero attached hydrogens (tertiary/aromatic N) is 1. The summed E-state index contributed by atoms with van der Waals surface area (Å²) in [5, 5.41) is 3.68. The highest BCUT2D eigenvalue weighted by Crippen LogP contribution is 2.35. The molecule has 33 heavy (non-hydrogen) atoms. The average molecular weight is 482 g/mol. The lowest BCUT2D eigenvalue weighted by atomic mass is 10.1. The van der Waals surface area contributed by atoms with E-state index in [4.69, 9.17) is 4.74 Å². The van der Waals surface area contributed by atoms with Crippen molar-refractivity contribution in [3.8, 4) is 16.3 Å². The van der Waals surface area contributed by atoms with Crippen molar-refractivity contribution in [1.82, 2.24) is 9.71 Å². The van der Waals surface area contributed by atoms with Gasteiger partial charge in [0.25, 0.3) is 5.91 Å². The summed E-state index contributed by atoms with van der Waals surface area (Å²) in [6.45, 7) is 3.44. The van der Waals surface area contributed by atoms with E-state index < -0.39 is 15.9 Å². The van der Waals surface area contributed by atoms with Crippen LogP contribution in [0.15, 0.2) is 71.6 Å². The first-order valence-electron chi connectivity index (χ1n) is 10.2. The highest BCUT2D eigenvalue weighted by Gasteiger charge is 2.23. The Morgan fingerprint density at radius 3 is 2.48 bits per heavy atom. The van der Waals surface area contributed by atoms with Crippen molar-refractivity contribution in [3.05, 3.63) is 72.3 Å². The number of amides is 1. The van der Waals surface area contributed by atoms with Crippen LogP contribution in [0.1, 0.15) is 24.2 Å². The van der Waals surface area contributed by atoms with Gasteiger partial charge in [0.15, 0.2) is 0 Å². The number of para-hydroxylation sites is 2. The molecule has 0 unspecified atom stereocenters. The minimum atomic E-state index is -3.86. The molecular weight excluding hydrogens is 458 g/mol. The summed E-state index contributed by atoms with van der Waals surface area (Å²) in [6, 6.07) is 19.2. The summed E-state index contributed by atoms with van der Waals surface area (Å²) in [4.78, 5) is 17.7. The summed E-state index contributed by atoms with van der Waals surface area (Å²) < 4.78 is 34.3. The van der Waals surface area contributed by atoms with E-state index in [1.54, 1.807) is 19.9 Å². The Morgan fingerprint density at radius 1 is 1.03 bits per heavy atom. The Hall–Kier alpha value is -3.27. The molecule has 0 aliphatic carbocycles. The molecule has 0 bridgehead atoms. The van der Waals surface area contributed by atoms with Crippen molar-refractivity contribution in [2.75, 3.05) is 12.4 Å². The van der Waals surface area contributed by atoms with Gasteiger partial charge in [-0.05, 0) is 56.3 Å². The molecule has 9 heteroatoms. The van der Waals surface area contributed by atoms with Crippen LogP contribution in [0, 0.1) is 0 Å². The van der Waals surface area contributed by atoms with Crippen LogP contribution in [-0.2, 0) is 10.0 Å². The van der Waals surface area contributed by atoms with Gasteiger partial charge in [-0.3, -0.25) is 4.79 Å². The minimum Gasteiger partial charge on any atom is -0.495 e. The van der Waals surface area contributed by atoms with Crippen LogP contribution in [0.2, 0.25) is 0 Å². The SMILES string of the molecule is COc1ccc(C(=O)Nc2ccccc2-c2nc3ccccc3s2)cc1S(=O)(=O)NC(C)C. The van der Waals surface area contributed by atoms with Gasteiger partial charge in [-0.25, -0.2) is 18.1 Å². The monoisotopic (exact) mass is 481 g/mol. The number of carbonyl (C=O) groups excluding carboxylic acids is 1. The number of hydrogen-bond acceptors (Lipinski definition) is 6. The van der Waals surface area contributed by atoms with Gasteiger partial charge in [0.05, 0.1) is 23.0 Å². The predicted molar refractivity (Wildman–Crippen MR) is 131 cm³/mol. The Labute approximate surface area is 196 Å². The van der Waals surface area contributed by atoms with Crippen LogP contribution in [0.25, 0.3) is 20.8 Å². The number of carbonyl (C=O) groups is 1. The van der Waals surface area contributed by atoms with Crippen molar-refractivity contribution in [3.63, 3.8) is 0 Å². The summed E-state index contributed by atoms with van der Waals surface area (Å²) in [6.07, 6.45) is 0. The number of sulfonamides is 1. The molecule has 0 aliphatic heterocycles. The third-order valence-corrected chi connectivity index (χ3v) is 7.56. The molecule has 170 valence electrons. The number of thiazole rings is 1. The Morgan fingerprint density at radius 2 is 1.76 bits per heavy atom. The first-order chi connectivity index (χ1) is 15.8. The first kappa shape index (κ1) is 22.9. The van der Waals surface area contributed by atoms with Crippen LogP contribution < -0.4 is 14.8 Å². The zero-order valence-corrected chi connectivity index (χ0v) is 20.0. The molecule has 0 radical (unpaired) electrons. The lowest BCUT2D eigenvalue weighted by molar-refractivity contribution is 0.102. The molecule has 1 heterocycles. The molecule has 3 aromatic carbocycles. The van der Waals surface area contributed by atoms with Crippen LogP contribution in [-0.4, -0.2) is 32.5 Å². The van der Waals surface area contributed by atoms with Crippen molar-refractivity contribution in [1.29, 1.82) is 0 Å². The maximum atomic E-state index is 13.1. The van der Waals surface area contributed by atoms with Gasteiger partial charge in [-0.15, -0.1) is 11.3 Å². The lowest BCUT2D eigenvalue weighted by Gasteiger charge is -2.14. The fraction of sp³-hybridized carbons (Fsp3) is 0.167.